The van der Waals surface area contributed by atoms with Crippen molar-refractivity contribution < 1.29 is 14.4 Å². The average molecular weight is 422 g/mol. The van der Waals surface area contributed by atoms with Crippen LogP contribution < -0.4 is 5.48 Å². The SMILES string of the molecule is CCN(CCc1c[nH]c2cc(F)ccc12)C1CCc2cc(/C(C)=C/C(=O)NO)ccc21. The zero-order valence-corrected chi connectivity index (χ0v) is 17.9. The van der Waals surface area contributed by atoms with Crippen molar-refractivity contribution in [2.75, 3.05) is 13.1 Å². The van der Waals surface area contributed by atoms with Gasteiger partial charge in [0, 0.05) is 35.8 Å². The number of hydroxylamine groups is 1. The predicted octanol–water partition coefficient (Wildman–Crippen LogP) is 4.77. The van der Waals surface area contributed by atoms with E-state index >= 15 is 0 Å². The van der Waals surface area contributed by atoms with Gasteiger partial charge in [-0.3, -0.25) is 14.9 Å². The van der Waals surface area contributed by atoms with Gasteiger partial charge in [0.2, 0.25) is 0 Å². The highest BCUT2D eigenvalue weighted by Gasteiger charge is 2.27. The van der Waals surface area contributed by atoms with Crippen LogP contribution >= 0.6 is 0 Å². The lowest BCUT2D eigenvalue weighted by Crippen LogP contribution is -2.29. The molecule has 2 aromatic carbocycles. The molecule has 1 unspecified atom stereocenters. The summed E-state index contributed by atoms with van der Waals surface area (Å²) < 4.78 is 13.5. The molecule has 0 saturated carbocycles. The number of fused-ring (bicyclic) bond motifs is 2. The Balaban J connectivity index is 1.49. The minimum Gasteiger partial charge on any atom is -0.361 e. The molecule has 1 aliphatic rings. The van der Waals surface area contributed by atoms with Gasteiger partial charge in [-0.1, -0.05) is 25.1 Å². The van der Waals surface area contributed by atoms with Crippen LogP contribution in [0.3, 0.4) is 0 Å². The number of hydrogen-bond acceptors (Lipinski definition) is 3. The summed E-state index contributed by atoms with van der Waals surface area (Å²) in [4.78, 5) is 17.1. The van der Waals surface area contributed by atoms with E-state index in [1.165, 1.54) is 28.8 Å². The molecule has 0 radical (unpaired) electrons. The Hall–Kier alpha value is -2.96. The van der Waals surface area contributed by atoms with Crippen molar-refractivity contribution >= 4 is 22.4 Å². The number of nitrogens with one attached hydrogen (secondary N) is 2. The highest BCUT2D eigenvalue weighted by atomic mass is 19.1. The fourth-order valence-electron chi connectivity index (χ4n) is 4.70. The molecule has 3 aromatic rings. The molecule has 31 heavy (non-hydrogen) atoms. The van der Waals surface area contributed by atoms with E-state index in [0.717, 1.165) is 54.4 Å². The topological polar surface area (TPSA) is 68.4 Å². The first-order valence-electron chi connectivity index (χ1n) is 10.7. The maximum atomic E-state index is 13.5. The Morgan fingerprint density at radius 3 is 2.94 bits per heavy atom. The smallest absolute Gasteiger partial charge is 0.267 e. The van der Waals surface area contributed by atoms with Crippen molar-refractivity contribution in [3.05, 3.63) is 76.7 Å². The van der Waals surface area contributed by atoms with Gasteiger partial charge < -0.3 is 4.98 Å². The first-order chi connectivity index (χ1) is 15.0. The molecule has 0 aliphatic heterocycles. The lowest BCUT2D eigenvalue weighted by Gasteiger charge is -2.28. The van der Waals surface area contributed by atoms with Gasteiger partial charge in [0.05, 0.1) is 0 Å². The highest BCUT2D eigenvalue weighted by molar-refractivity contribution is 5.94. The molecular weight excluding hydrogens is 393 g/mol. The number of benzene rings is 2. The lowest BCUT2D eigenvalue weighted by atomic mass is 9.99. The first kappa shape index (κ1) is 21.3. The number of nitrogens with zero attached hydrogens (tertiary/aromatic N) is 1. The molecule has 0 bridgehead atoms. The molecule has 162 valence electrons. The molecule has 0 fully saturated rings. The first-order valence-corrected chi connectivity index (χ1v) is 10.7. The van der Waals surface area contributed by atoms with Crippen LogP contribution in [-0.2, 0) is 17.6 Å². The number of H-pyrrole nitrogens is 1. The largest absolute Gasteiger partial charge is 0.361 e. The average Bonchev–Trinajstić information content (AvgIpc) is 3.37. The van der Waals surface area contributed by atoms with E-state index in [-0.39, 0.29) is 5.82 Å². The van der Waals surface area contributed by atoms with E-state index in [1.807, 2.05) is 19.2 Å². The van der Waals surface area contributed by atoms with Gasteiger partial charge in [-0.05, 0) is 78.8 Å². The zero-order chi connectivity index (χ0) is 22.0. The lowest BCUT2D eigenvalue weighted by molar-refractivity contribution is -0.124. The molecule has 0 spiro atoms. The number of carbonyl (C=O) groups excluding carboxylic acids is 1. The number of amides is 1. The number of aromatic amines is 1. The summed E-state index contributed by atoms with van der Waals surface area (Å²) in [5.41, 5.74) is 8.19. The number of hydrogen-bond donors (Lipinski definition) is 3. The van der Waals surface area contributed by atoms with Gasteiger partial charge in [0.25, 0.3) is 5.91 Å². The van der Waals surface area contributed by atoms with Crippen LogP contribution in [0, 0.1) is 5.82 Å². The Kier molecular flexibility index (Phi) is 6.20. The van der Waals surface area contributed by atoms with Crippen LogP contribution in [0.15, 0.2) is 48.7 Å². The van der Waals surface area contributed by atoms with E-state index in [1.54, 1.807) is 11.5 Å². The molecular formula is C25H28FN3O2. The van der Waals surface area contributed by atoms with Gasteiger partial charge in [-0.15, -0.1) is 0 Å². The normalized spacial score (nSPS) is 16.2. The Labute approximate surface area is 181 Å². The maximum Gasteiger partial charge on any atom is 0.267 e. The molecule has 1 amide bonds. The van der Waals surface area contributed by atoms with Gasteiger partial charge in [-0.25, -0.2) is 9.87 Å². The molecule has 1 heterocycles. The van der Waals surface area contributed by atoms with Gasteiger partial charge in [0.15, 0.2) is 0 Å². The summed E-state index contributed by atoms with van der Waals surface area (Å²) in [6.07, 6.45) is 6.38. The number of aryl methyl sites for hydroxylation is 1. The minimum absolute atomic E-state index is 0.222. The van der Waals surface area contributed by atoms with E-state index in [4.69, 9.17) is 5.21 Å². The fourth-order valence-corrected chi connectivity index (χ4v) is 4.70. The maximum absolute atomic E-state index is 13.5. The summed E-state index contributed by atoms with van der Waals surface area (Å²) in [7, 11) is 0. The molecule has 3 N–H and O–H groups in total. The van der Waals surface area contributed by atoms with Crippen molar-refractivity contribution in [1.29, 1.82) is 0 Å². The number of halogens is 1. The van der Waals surface area contributed by atoms with Crippen molar-refractivity contribution in [3.63, 3.8) is 0 Å². The minimum atomic E-state index is -0.520. The third-order valence-electron chi connectivity index (χ3n) is 6.35. The molecule has 4 rings (SSSR count). The third-order valence-corrected chi connectivity index (χ3v) is 6.35. The standard InChI is InChI=1S/C25H28FN3O2/c1-3-29(11-10-19-15-27-23-14-20(26)6-8-21(19)23)24-9-5-18-13-17(4-7-22(18)24)16(2)12-25(30)28-31/h4,6-8,12-15,24,27,31H,3,5,9-11H2,1-2H3,(H,28,30)/b16-12+. The summed E-state index contributed by atoms with van der Waals surface area (Å²) in [5, 5.41) is 9.82. The molecule has 5 nitrogen and oxygen atoms in total. The Morgan fingerprint density at radius 2 is 2.16 bits per heavy atom. The number of rotatable bonds is 7. The second-order valence-electron chi connectivity index (χ2n) is 8.15. The second kappa shape index (κ2) is 9.04. The van der Waals surface area contributed by atoms with E-state index in [2.05, 4.69) is 35.0 Å². The van der Waals surface area contributed by atoms with Crippen LogP contribution in [0.25, 0.3) is 16.5 Å². The van der Waals surface area contributed by atoms with Crippen LogP contribution in [0.5, 0.6) is 0 Å². The van der Waals surface area contributed by atoms with Crippen molar-refractivity contribution in [2.24, 2.45) is 0 Å². The van der Waals surface area contributed by atoms with E-state index in [9.17, 15) is 9.18 Å². The van der Waals surface area contributed by atoms with Crippen molar-refractivity contribution in [1.82, 2.24) is 15.4 Å². The predicted molar refractivity (Wildman–Crippen MR) is 120 cm³/mol. The monoisotopic (exact) mass is 421 g/mol. The quantitative estimate of drug-likeness (QED) is 0.292. The van der Waals surface area contributed by atoms with Crippen LogP contribution in [-0.4, -0.2) is 34.1 Å². The highest BCUT2D eigenvalue weighted by Crippen LogP contribution is 2.37. The summed E-state index contributed by atoms with van der Waals surface area (Å²) in [5.74, 6) is -0.742. The van der Waals surface area contributed by atoms with E-state index in [0.29, 0.717) is 6.04 Å². The van der Waals surface area contributed by atoms with Gasteiger partial charge >= 0.3 is 0 Å². The van der Waals surface area contributed by atoms with Crippen molar-refractivity contribution in [3.8, 4) is 0 Å². The van der Waals surface area contributed by atoms with Crippen LogP contribution in [0.4, 0.5) is 4.39 Å². The molecule has 6 heteroatoms. The van der Waals surface area contributed by atoms with E-state index < -0.39 is 5.91 Å². The summed E-state index contributed by atoms with van der Waals surface area (Å²) >= 11 is 0. The Bertz CT molecular complexity index is 1130. The Morgan fingerprint density at radius 1 is 1.32 bits per heavy atom. The third kappa shape index (κ3) is 4.40. The van der Waals surface area contributed by atoms with Crippen LogP contribution in [0.2, 0.25) is 0 Å². The molecule has 0 saturated heterocycles. The molecule has 1 atom stereocenters. The van der Waals surface area contributed by atoms with Gasteiger partial charge in [-0.2, -0.15) is 0 Å². The number of likely N-dealkylation sites (N-methyl/N-ethyl adjacent to an activating group) is 1. The fraction of sp³-hybridized carbons (Fsp3) is 0.320. The number of carbonyl (C=O) groups is 1. The number of aromatic nitrogens is 1. The number of allylic oxidation sites excluding steroid dienone is 1. The molecule has 1 aromatic heterocycles. The van der Waals surface area contributed by atoms with Crippen molar-refractivity contribution in [2.45, 2.75) is 39.2 Å². The second-order valence-corrected chi connectivity index (χ2v) is 8.15. The zero-order valence-electron chi connectivity index (χ0n) is 17.9. The van der Waals surface area contributed by atoms with Gasteiger partial charge in [0.1, 0.15) is 5.82 Å². The van der Waals surface area contributed by atoms with Crippen LogP contribution in [0.1, 0.15) is 48.6 Å². The molecule has 1 aliphatic carbocycles. The summed E-state index contributed by atoms with van der Waals surface area (Å²) in [6, 6.07) is 11.7. The summed E-state index contributed by atoms with van der Waals surface area (Å²) in [6.45, 7) is 5.95.